The number of aliphatic hydroxyl groups excluding tert-OH is 1. The Bertz CT molecular complexity index is 708. The van der Waals surface area contributed by atoms with E-state index in [1.807, 2.05) is 0 Å². The Balaban J connectivity index is 2.03. The van der Waals surface area contributed by atoms with Crippen LogP contribution in [0.5, 0.6) is 0 Å². The van der Waals surface area contributed by atoms with Crippen LogP contribution in [0.15, 0.2) is 23.4 Å². The molecule has 1 amide bonds. The van der Waals surface area contributed by atoms with Gasteiger partial charge >= 0.3 is 0 Å². The Hall–Kier alpha value is -1.79. The zero-order chi connectivity index (χ0) is 16.6. The minimum Gasteiger partial charge on any atom is -0.390 e. The van der Waals surface area contributed by atoms with Gasteiger partial charge in [-0.05, 0) is 37.8 Å². The number of fused-ring (bicyclic) bond motifs is 1. The summed E-state index contributed by atoms with van der Waals surface area (Å²) >= 11 is 0. The molecule has 0 aromatic rings. The molecule has 0 radical (unpaired) electrons. The summed E-state index contributed by atoms with van der Waals surface area (Å²) in [6.07, 6.45) is 2.78. The first-order valence-electron chi connectivity index (χ1n) is 7.99. The maximum Gasteiger partial charge on any atom is 0.241 e. The standard InChI is InChI=1S/C17H19NO5/c1-8-5-12-11(20)4-3-9-6-10(19)7-13-17(9,23-12)16(2,14(8)21)15(22)18-13/h6-8,11-12,20H,3-5H2,1-2H3,(H,18,22)/t8-,11+,12-,16-,17+/m1/s1. The summed E-state index contributed by atoms with van der Waals surface area (Å²) in [7, 11) is 0. The van der Waals surface area contributed by atoms with Crippen molar-refractivity contribution in [1.29, 1.82) is 0 Å². The second kappa shape index (κ2) is 4.39. The van der Waals surface area contributed by atoms with Crippen LogP contribution in [0.3, 0.4) is 0 Å². The van der Waals surface area contributed by atoms with Crippen molar-refractivity contribution in [2.75, 3.05) is 0 Å². The van der Waals surface area contributed by atoms with Crippen LogP contribution in [-0.4, -0.2) is 40.4 Å². The van der Waals surface area contributed by atoms with E-state index in [-0.39, 0.29) is 11.6 Å². The largest absolute Gasteiger partial charge is 0.390 e. The number of hydrogen-bond acceptors (Lipinski definition) is 5. The van der Waals surface area contributed by atoms with Gasteiger partial charge in [0.05, 0.1) is 17.9 Å². The maximum absolute atomic E-state index is 13.1. The van der Waals surface area contributed by atoms with Gasteiger partial charge in [0, 0.05) is 12.0 Å². The van der Waals surface area contributed by atoms with E-state index in [4.69, 9.17) is 4.74 Å². The molecule has 6 heteroatoms. The van der Waals surface area contributed by atoms with Crippen molar-refractivity contribution in [3.63, 3.8) is 0 Å². The van der Waals surface area contributed by atoms with Crippen LogP contribution in [0.4, 0.5) is 0 Å². The number of ether oxygens (including phenoxy) is 1. The molecule has 0 aromatic carbocycles. The highest BCUT2D eigenvalue weighted by Crippen LogP contribution is 2.57. The zero-order valence-corrected chi connectivity index (χ0v) is 13.1. The number of carbonyl (C=O) groups is 3. The van der Waals surface area contributed by atoms with Crippen molar-refractivity contribution < 1.29 is 24.2 Å². The molecule has 23 heavy (non-hydrogen) atoms. The third kappa shape index (κ3) is 1.58. The predicted molar refractivity (Wildman–Crippen MR) is 79.1 cm³/mol. The molecule has 0 aromatic heterocycles. The molecule has 2 bridgehead atoms. The topological polar surface area (TPSA) is 92.7 Å². The summed E-state index contributed by atoms with van der Waals surface area (Å²) in [5.74, 6) is -1.26. The summed E-state index contributed by atoms with van der Waals surface area (Å²) < 4.78 is 6.28. The van der Waals surface area contributed by atoms with Gasteiger partial charge in [-0.3, -0.25) is 14.4 Å². The molecule has 4 rings (SSSR count). The number of allylic oxidation sites excluding steroid dienone is 2. The quantitative estimate of drug-likeness (QED) is 0.631. The molecule has 1 aliphatic carbocycles. The van der Waals surface area contributed by atoms with Crippen LogP contribution in [0.25, 0.3) is 0 Å². The first-order chi connectivity index (χ1) is 10.8. The fourth-order valence-corrected chi connectivity index (χ4v) is 4.59. The van der Waals surface area contributed by atoms with Crippen molar-refractivity contribution >= 4 is 17.5 Å². The van der Waals surface area contributed by atoms with Gasteiger partial charge in [-0.1, -0.05) is 6.92 Å². The fourth-order valence-electron chi connectivity index (χ4n) is 4.59. The van der Waals surface area contributed by atoms with Gasteiger partial charge < -0.3 is 15.2 Å². The lowest BCUT2D eigenvalue weighted by Crippen LogP contribution is -2.55. The molecule has 2 N–H and O–H groups in total. The van der Waals surface area contributed by atoms with Gasteiger partial charge in [-0.15, -0.1) is 0 Å². The van der Waals surface area contributed by atoms with E-state index in [1.54, 1.807) is 13.8 Å². The zero-order valence-electron chi connectivity index (χ0n) is 13.1. The summed E-state index contributed by atoms with van der Waals surface area (Å²) in [5.41, 5.74) is -1.73. The first-order valence-corrected chi connectivity index (χ1v) is 7.99. The highest BCUT2D eigenvalue weighted by molar-refractivity contribution is 6.15. The summed E-state index contributed by atoms with van der Waals surface area (Å²) in [6, 6.07) is 0. The number of hydrogen-bond donors (Lipinski definition) is 2. The van der Waals surface area contributed by atoms with E-state index < -0.39 is 35.0 Å². The van der Waals surface area contributed by atoms with Crippen LogP contribution in [0.2, 0.25) is 0 Å². The lowest BCUT2D eigenvalue weighted by atomic mass is 9.63. The number of ketones is 2. The SMILES string of the molecule is C[C@@H]1C[C@H]2O[C@@]34C(=CC(=O)C=C3NC(=O)[C@@]4(C)C1=O)CC[C@@H]2O. The Kier molecular flexibility index (Phi) is 2.82. The number of carbonyl (C=O) groups excluding carboxylic acids is 3. The molecular formula is C17H19NO5. The molecule has 6 nitrogen and oxygen atoms in total. The Morgan fingerprint density at radius 1 is 1.30 bits per heavy atom. The van der Waals surface area contributed by atoms with Crippen molar-refractivity contribution in [1.82, 2.24) is 5.32 Å². The summed E-state index contributed by atoms with van der Waals surface area (Å²) in [5, 5.41) is 13.1. The number of Topliss-reactive ketones (excluding diaryl/α,β-unsaturated/α-hetero) is 1. The van der Waals surface area contributed by atoms with Crippen LogP contribution >= 0.6 is 0 Å². The van der Waals surface area contributed by atoms with Gasteiger partial charge in [0.2, 0.25) is 5.91 Å². The average molecular weight is 317 g/mol. The highest BCUT2D eigenvalue weighted by Gasteiger charge is 2.71. The average Bonchev–Trinajstić information content (AvgIpc) is 2.60. The predicted octanol–water partition coefficient (Wildman–Crippen LogP) is 0.403. The lowest BCUT2D eigenvalue weighted by molar-refractivity contribution is -0.155. The van der Waals surface area contributed by atoms with Gasteiger partial charge in [0.25, 0.3) is 0 Å². The minimum atomic E-state index is -1.41. The monoisotopic (exact) mass is 317 g/mol. The Labute approximate surface area is 133 Å². The Morgan fingerprint density at radius 3 is 2.78 bits per heavy atom. The number of amides is 1. The smallest absolute Gasteiger partial charge is 0.241 e. The number of rotatable bonds is 0. The van der Waals surface area contributed by atoms with Crippen LogP contribution in [0.1, 0.15) is 33.1 Å². The van der Waals surface area contributed by atoms with Gasteiger partial charge in [-0.25, -0.2) is 0 Å². The third-order valence-electron chi connectivity index (χ3n) is 5.83. The summed E-state index contributed by atoms with van der Waals surface area (Å²) in [6.45, 7) is 3.37. The van der Waals surface area contributed by atoms with Gasteiger partial charge in [0.15, 0.2) is 17.2 Å². The molecule has 3 saturated heterocycles. The third-order valence-corrected chi connectivity index (χ3v) is 5.83. The highest BCUT2D eigenvalue weighted by atomic mass is 16.5. The van der Waals surface area contributed by atoms with Gasteiger partial charge in [-0.2, -0.15) is 0 Å². The lowest BCUT2D eigenvalue weighted by Gasteiger charge is -2.42. The van der Waals surface area contributed by atoms with Crippen molar-refractivity contribution in [3.8, 4) is 0 Å². The molecule has 1 spiro atoms. The second-order valence-corrected chi connectivity index (χ2v) is 7.15. The van der Waals surface area contributed by atoms with E-state index in [0.717, 1.165) is 0 Å². The van der Waals surface area contributed by atoms with E-state index in [9.17, 15) is 19.5 Å². The molecule has 0 saturated carbocycles. The van der Waals surface area contributed by atoms with Crippen LogP contribution < -0.4 is 5.32 Å². The van der Waals surface area contributed by atoms with E-state index in [0.29, 0.717) is 30.5 Å². The minimum absolute atomic E-state index is 0.199. The molecule has 0 unspecified atom stereocenters. The Morgan fingerprint density at radius 2 is 2.04 bits per heavy atom. The molecule has 122 valence electrons. The maximum atomic E-state index is 13.1. The van der Waals surface area contributed by atoms with Gasteiger partial charge in [0.1, 0.15) is 5.41 Å². The van der Waals surface area contributed by atoms with Crippen LogP contribution in [-0.2, 0) is 19.1 Å². The second-order valence-electron chi connectivity index (χ2n) is 7.15. The molecule has 3 heterocycles. The van der Waals surface area contributed by atoms with E-state index in [2.05, 4.69) is 5.32 Å². The number of aliphatic hydroxyl groups is 1. The normalized spacial score (nSPS) is 45.5. The first kappa shape index (κ1) is 14.8. The van der Waals surface area contributed by atoms with Crippen molar-refractivity contribution in [2.24, 2.45) is 11.3 Å². The molecule has 5 atom stereocenters. The number of nitrogens with one attached hydrogen (secondary N) is 1. The molecule has 3 aliphatic heterocycles. The van der Waals surface area contributed by atoms with Crippen LogP contribution in [0, 0.1) is 11.3 Å². The van der Waals surface area contributed by atoms with E-state index >= 15 is 0 Å². The van der Waals surface area contributed by atoms with Crippen molar-refractivity contribution in [2.45, 2.75) is 50.9 Å². The molecular weight excluding hydrogens is 298 g/mol. The molecule has 3 fully saturated rings. The van der Waals surface area contributed by atoms with Crippen molar-refractivity contribution in [3.05, 3.63) is 23.4 Å². The summed E-state index contributed by atoms with van der Waals surface area (Å²) in [4.78, 5) is 37.8. The van der Waals surface area contributed by atoms with E-state index in [1.165, 1.54) is 12.2 Å². The fraction of sp³-hybridized carbons (Fsp3) is 0.588. The molecule has 4 aliphatic rings.